The Kier molecular flexibility index (Phi) is 5.40. The van der Waals surface area contributed by atoms with Crippen LogP contribution < -0.4 is 4.90 Å². The summed E-state index contributed by atoms with van der Waals surface area (Å²) >= 11 is 0. The van der Waals surface area contributed by atoms with Crippen LogP contribution in [-0.4, -0.2) is 57.1 Å². The van der Waals surface area contributed by atoms with Crippen LogP contribution in [0.2, 0.25) is 0 Å². The van der Waals surface area contributed by atoms with Crippen molar-refractivity contribution < 1.29 is 9.53 Å². The first-order valence-corrected chi connectivity index (χ1v) is 12.4. The van der Waals surface area contributed by atoms with E-state index in [-0.39, 0.29) is 5.91 Å². The Bertz CT molecular complexity index is 1220. The van der Waals surface area contributed by atoms with E-state index in [0.717, 1.165) is 81.2 Å². The number of rotatable bonds is 3. The van der Waals surface area contributed by atoms with Gasteiger partial charge in [-0.1, -0.05) is 6.07 Å². The van der Waals surface area contributed by atoms with Crippen molar-refractivity contribution in [2.24, 2.45) is 0 Å². The van der Waals surface area contributed by atoms with Crippen LogP contribution in [0.3, 0.4) is 0 Å². The third-order valence-electron chi connectivity index (χ3n) is 7.50. The molecule has 1 amide bonds. The highest BCUT2D eigenvalue weighted by molar-refractivity contribution is 5.76. The van der Waals surface area contributed by atoms with E-state index in [1.165, 1.54) is 22.5 Å². The summed E-state index contributed by atoms with van der Waals surface area (Å²) in [5.41, 5.74) is 8.26. The smallest absolute Gasteiger partial charge is 0.219 e. The second-order valence-corrected chi connectivity index (χ2v) is 9.76. The average Bonchev–Trinajstić information content (AvgIpc) is 3.47. The van der Waals surface area contributed by atoms with Gasteiger partial charge < -0.3 is 14.5 Å². The van der Waals surface area contributed by atoms with E-state index in [4.69, 9.17) is 9.84 Å². The van der Waals surface area contributed by atoms with Gasteiger partial charge in [0.1, 0.15) is 0 Å². The number of H-pyrrole nitrogens is 1. The number of anilines is 2. The molecule has 0 atom stereocenters. The molecule has 0 saturated carbocycles. The van der Waals surface area contributed by atoms with Crippen LogP contribution in [0.5, 0.6) is 0 Å². The highest BCUT2D eigenvalue weighted by Gasteiger charge is 2.33. The zero-order chi connectivity index (χ0) is 23.2. The van der Waals surface area contributed by atoms with Gasteiger partial charge in [0, 0.05) is 67.8 Å². The lowest BCUT2D eigenvalue weighted by molar-refractivity contribution is -0.129. The number of benzene rings is 1. The third kappa shape index (κ3) is 3.70. The minimum Gasteiger partial charge on any atom is -0.381 e. The van der Waals surface area contributed by atoms with Gasteiger partial charge in [-0.05, 0) is 56.4 Å². The predicted octanol–water partition coefficient (Wildman–Crippen LogP) is 3.92. The molecule has 5 heterocycles. The topological polar surface area (TPSA) is 79.3 Å². The first-order valence-electron chi connectivity index (χ1n) is 12.4. The first kappa shape index (κ1) is 21.4. The molecule has 1 N–H and O–H groups in total. The number of nitrogens with one attached hydrogen (secondary N) is 1. The fraction of sp³-hybridized carbons (Fsp3) is 0.500. The number of fused-ring (bicyclic) bond motifs is 2. The van der Waals surface area contributed by atoms with Crippen LogP contribution in [0.15, 0.2) is 24.3 Å². The van der Waals surface area contributed by atoms with Gasteiger partial charge in [0.25, 0.3) is 0 Å². The molecular formula is C26H32N6O2. The number of hydrogen-bond donors (Lipinski definition) is 1. The first-order chi connectivity index (χ1) is 16.6. The molecule has 34 heavy (non-hydrogen) atoms. The van der Waals surface area contributed by atoms with Crippen molar-refractivity contribution in [3.63, 3.8) is 0 Å². The third-order valence-corrected chi connectivity index (χ3v) is 7.50. The quantitative estimate of drug-likeness (QED) is 0.641. The lowest BCUT2D eigenvalue weighted by Gasteiger charge is -2.32. The zero-order valence-corrected chi connectivity index (χ0v) is 20.0. The number of hydrogen-bond acceptors (Lipinski definition) is 5. The number of carbonyl (C=O) groups is 1. The van der Waals surface area contributed by atoms with Gasteiger partial charge >= 0.3 is 0 Å². The molecular weight excluding hydrogens is 428 g/mol. The molecule has 3 aliphatic rings. The Morgan fingerprint density at radius 1 is 1.15 bits per heavy atom. The molecule has 178 valence electrons. The van der Waals surface area contributed by atoms with Crippen molar-refractivity contribution in [3.05, 3.63) is 46.8 Å². The number of aromatic nitrogens is 4. The number of ether oxygens (including phenoxy) is 1. The number of amides is 1. The van der Waals surface area contributed by atoms with Crippen LogP contribution >= 0.6 is 0 Å². The van der Waals surface area contributed by atoms with Gasteiger partial charge in [0.2, 0.25) is 5.91 Å². The largest absolute Gasteiger partial charge is 0.381 e. The van der Waals surface area contributed by atoms with E-state index in [1.807, 2.05) is 11.8 Å². The van der Waals surface area contributed by atoms with Crippen LogP contribution in [0.1, 0.15) is 54.7 Å². The van der Waals surface area contributed by atoms with Gasteiger partial charge in [-0.3, -0.25) is 14.6 Å². The Labute approximate surface area is 199 Å². The van der Waals surface area contributed by atoms with E-state index >= 15 is 0 Å². The molecule has 1 saturated heterocycles. The van der Waals surface area contributed by atoms with Crippen molar-refractivity contribution >= 4 is 17.4 Å². The predicted molar refractivity (Wildman–Crippen MR) is 130 cm³/mol. The van der Waals surface area contributed by atoms with E-state index in [2.05, 4.69) is 44.0 Å². The minimum atomic E-state index is 0.133. The standard InChI is InChI=1S/C26H32N6O2/c1-17-14-23(28-27-17)19-5-6-24-20(15-19)4-3-10-31(24)26-22-16-30(18(2)33)11-7-25(22)32(29-26)21-8-12-34-13-9-21/h5-6,14-15,21H,3-4,7-13,16H2,1-2H3,(H,27,28). The summed E-state index contributed by atoms with van der Waals surface area (Å²) in [7, 11) is 0. The molecule has 6 rings (SSSR count). The summed E-state index contributed by atoms with van der Waals surface area (Å²) in [5, 5.41) is 12.7. The van der Waals surface area contributed by atoms with Crippen LogP contribution in [0, 0.1) is 6.92 Å². The van der Waals surface area contributed by atoms with Gasteiger partial charge in [-0.2, -0.15) is 10.2 Å². The summed E-state index contributed by atoms with van der Waals surface area (Å²) < 4.78 is 7.90. The van der Waals surface area contributed by atoms with Gasteiger partial charge in [0.05, 0.1) is 18.3 Å². The number of nitrogens with zero attached hydrogens (tertiary/aromatic N) is 5. The summed E-state index contributed by atoms with van der Waals surface area (Å²) in [6.45, 7) is 7.61. The fourth-order valence-corrected chi connectivity index (χ4v) is 5.69. The summed E-state index contributed by atoms with van der Waals surface area (Å²) in [4.78, 5) is 16.6. The van der Waals surface area contributed by atoms with Crippen LogP contribution in [0.4, 0.5) is 11.5 Å². The highest BCUT2D eigenvalue weighted by Crippen LogP contribution is 2.40. The number of aryl methyl sites for hydroxylation is 2. The van der Waals surface area contributed by atoms with E-state index in [9.17, 15) is 4.79 Å². The molecule has 0 spiro atoms. The van der Waals surface area contributed by atoms with Gasteiger partial charge in [0.15, 0.2) is 5.82 Å². The molecule has 3 aromatic rings. The Hall–Kier alpha value is -3.13. The molecule has 0 bridgehead atoms. The SMILES string of the molecule is CC(=O)N1CCc2c(c(N3CCCc4cc(-c5cc(C)[nH]n5)ccc43)nn2C2CCOCC2)C1. The van der Waals surface area contributed by atoms with Crippen molar-refractivity contribution in [3.8, 4) is 11.3 Å². The van der Waals surface area contributed by atoms with Crippen molar-refractivity contribution in [2.75, 3.05) is 31.2 Å². The monoisotopic (exact) mass is 460 g/mol. The lowest BCUT2D eigenvalue weighted by atomic mass is 9.97. The molecule has 0 aliphatic carbocycles. The molecule has 8 nitrogen and oxygen atoms in total. The maximum atomic E-state index is 12.2. The zero-order valence-electron chi connectivity index (χ0n) is 20.0. The second-order valence-electron chi connectivity index (χ2n) is 9.76. The minimum absolute atomic E-state index is 0.133. The van der Waals surface area contributed by atoms with E-state index in [1.54, 1.807) is 6.92 Å². The Morgan fingerprint density at radius 3 is 2.76 bits per heavy atom. The molecule has 1 aromatic carbocycles. The summed E-state index contributed by atoms with van der Waals surface area (Å²) in [6.07, 6.45) is 4.97. The van der Waals surface area contributed by atoms with E-state index in [0.29, 0.717) is 12.6 Å². The van der Waals surface area contributed by atoms with Crippen molar-refractivity contribution in [2.45, 2.75) is 58.5 Å². The Morgan fingerprint density at radius 2 is 2.00 bits per heavy atom. The maximum Gasteiger partial charge on any atom is 0.219 e. The normalized spacial score (nSPS) is 18.6. The maximum absolute atomic E-state index is 12.2. The fourth-order valence-electron chi connectivity index (χ4n) is 5.69. The lowest BCUT2D eigenvalue weighted by Crippen LogP contribution is -2.36. The molecule has 2 aromatic heterocycles. The summed E-state index contributed by atoms with van der Waals surface area (Å²) in [5.74, 6) is 1.16. The number of aromatic amines is 1. The van der Waals surface area contributed by atoms with Crippen LogP contribution in [-0.2, 0) is 28.9 Å². The molecule has 1 fully saturated rings. The van der Waals surface area contributed by atoms with E-state index < -0.39 is 0 Å². The molecule has 3 aliphatic heterocycles. The van der Waals surface area contributed by atoms with Gasteiger partial charge in [-0.15, -0.1) is 0 Å². The average molecular weight is 461 g/mol. The van der Waals surface area contributed by atoms with Crippen LogP contribution in [0.25, 0.3) is 11.3 Å². The number of carbonyl (C=O) groups excluding carboxylic acids is 1. The molecule has 0 unspecified atom stereocenters. The molecule has 0 radical (unpaired) electrons. The van der Waals surface area contributed by atoms with Crippen molar-refractivity contribution in [1.82, 2.24) is 24.9 Å². The summed E-state index contributed by atoms with van der Waals surface area (Å²) in [6, 6.07) is 9.12. The van der Waals surface area contributed by atoms with Crippen molar-refractivity contribution in [1.29, 1.82) is 0 Å². The molecule has 8 heteroatoms. The Balaban J connectivity index is 1.41. The second kappa shape index (κ2) is 8.58. The van der Waals surface area contributed by atoms with Gasteiger partial charge in [-0.25, -0.2) is 0 Å². The highest BCUT2D eigenvalue weighted by atomic mass is 16.5.